The summed E-state index contributed by atoms with van der Waals surface area (Å²) in [5.41, 5.74) is 5.36. The molecular weight excluding hydrogens is 435 g/mol. The number of aryl methyl sites for hydroxylation is 4. The molecule has 2 aromatic heterocycles. The zero-order valence-corrected chi connectivity index (χ0v) is 19.5. The fraction of sp³-hybridized carbons (Fsp3) is 0.217. The fourth-order valence-electron chi connectivity index (χ4n) is 3.24. The minimum Gasteiger partial charge on any atom is -0.506 e. The predicted molar refractivity (Wildman–Crippen MR) is 124 cm³/mol. The highest BCUT2D eigenvalue weighted by atomic mass is 35.5. The minimum absolute atomic E-state index is 0.172. The van der Waals surface area contributed by atoms with Gasteiger partial charge in [0, 0.05) is 21.4 Å². The molecular formula is C23H24Cl2N4O2. The average Bonchev–Trinajstić information content (AvgIpc) is 3.23. The molecule has 1 N–H and O–H groups in total. The Morgan fingerprint density at radius 3 is 1.71 bits per heavy atom. The zero-order valence-electron chi connectivity index (χ0n) is 18.0. The van der Waals surface area contributed by atoms with Crippen molar-refractivity contribution in [1.82, 2.24) is 19.6 Å². The van der Waals surface area contributed by atoms with E-state index in [2.05, 4.69) is 10.2 Å². The standard InChI is InChI=1S/C12H13ClN2O.C11H11ClN2O/c1-8-6-9(2)15(14-8)11-7-10(13)4-5-12(11)16-3;1-7-5-8(2)14(13-7)10-6-9(12)3-4-11(10)15/h4-7H,1-3H3;3-6,15H,1-2H3. The van der Waals surface area contributed by atoms with Gasteiger partial charge in [-0.25, -0.2) is 9.36 Å². The Morgan fingerprint density at radius 2 is 1.23 bits per heavy atom. The average molecular weight is 459 g/mol. The van der Waals surface area contributed by atoms with Gasteiger partial charge in [0.25, 0.3) is 0 Å². The normalized spacial score (nSPS) is 10.5. The van der Waals surface area contributed by atoms with Gasteiger partial charge in [0.2, 0.25) is 0 Å². The van der Waals surface area contributed by atoms with E-state index in [1.54, 1.807) is 36.1 Å². The molecule has 2 heterocycles. The van der Waals surface area contributed by atoms with Gasteiger partial charge < -0.3 is 9.84 Å². The van der Waals surface area contributed by atoms with Crippen molar-refractivity contribution in [3.63, 3.8) is 0 Å². The Balaban J connectivity index is 0.000000176. The maximum atomic E-state index is 9.70. The summed E-state index contributed by atoms with van der Waals surface area (Å²) in [5.74, 6) is 0.932. The summed E-state index contributed by atoms with van der Waals surface area (Å²) in [4.78, 5) is 0. The largest absolute Gasteiger partial charge is 0.506 e. The summed E-state index contributed by atoms with van der Waals surface area (Å²) in [6, 6.07) is 14.3. The third-order valence-corrected chi connectivity index (χ3v) is 5.02. The van der Waals surface area contributed by atoms with Gasteiger partial charge in [0.1, 0.15) is 22.9 Å². The summed E-state index contributed by atoms with van der Waals surface area (Å²) in [6.07, 6.45) is 0. The van der Waals surface area contributed by atoms with E-state index in [1.807, 2.05) is 56.6 Å². The van der Waals surface area contributed by atoms with Crippen LogP contribution in [0.1, 0.15) is 22.8 Å². The van der Waals surface area contributed by atoms with Crippen LogP contribution >= 0.6 is 23.2 Å². The van der Waals surface area contributed by atoms with Crippen LogP contribution < -0.4 is 4.74 Å². The van der Waals surface area contributed by atoms with E-state index in [1.165, 1.54) is 0 Å². The highest BCUT2D eigenvalue weighted by Gasteiger charge is 2.10. The number of aromatic hydroxyl groups is 1. The smallest absolute Gasteiger partial charge is 0.144 e. The van der Waals surface area contributed by atoms with Gasteiger partial charge in [-0.2, -0.15) is 10.2 Å². The molecule has 0 radical (unpaired) electrons. The number of ether oxygens (including phenoxy) is 1. The lowest BCUT2D eigenvalue weighted by Crippen LogP contribution is -2.01. The maximum absolute atomic E-state index is 9.70. The van der Waals surface area contributed by atoms with Crippen LogP contribution in [0.4, 0.5) is 0 Å². The molecule has 0 fully saturated rings. The van der Waals surface area contributed by atoms with Crippen molar-refractivity contribution in [2.24, 2.45) is 0 Å². The third kappa shape index (κ3) is 5.21. The number of phenolic OH excluding ortho intramolecular Hbond substituents is 1. The molecule has 0 aliphatic carbocycles. The van der Waals surface area contributed by atoms with E-state index in [0.717, 1.165) is 34.2 Å². The van der Waals surface area contributed by atoms with E-state index in [0.29, 0.717) is 15.7 Å². The van der Waals surface area contributed by atoms with E-state index < -0.39 is 0 Å². The quantitative estimate of drug-likeness (QED) is 0.408. The Bertz CT molecular complexity index is 1210. The Labute approximate surface area is 191 Å². The molecule has 0 amide bonds. The molecule has 0 saturated heterocycles. The van der Waals surface area contributed by atoms with Crippen molar-refractivity contribution in [2.45, 2.75) is 27.7 Å². The van der Waals surface area contributed by atoms with Crippen molar-refractivity contribution in [2.75, 3.05) is 7.11 Å². The highest BCUT2D eigenvalue weighted by molar-refractivity contribution is 6.31. The summed E-state index contributed by atoms with van der Waals surface area (Å²) in [5, 5.41) is 19.6. The van der Waals surface area contributed by atoms with Gasteiger partial charge >= 0.3 is 0 Å². The number of hydrogen-bond donors (Lipinski definition) is 1. The number of halogens is 2. The van der Waals surface area contributed by atoms with Gasteiger partial charge in [-0.05, 0) is 76.2 Å². The van der Waals surface area contributed by atoms with Crippen LogP contribution in [0.2, 0.25) is 10.0 Å². The van der Waals surface area contributed by atoms with Crippen molar-refractivity contribution in [1.29, 1.82) is 0 Å². The summed E-state index contributed by atoms with van der Waals surface area (Å²) in [7, 11) is 1.64. The van der Waals surface area contributed by atoms with E-state index in [-0.39, 0.29) is 5.75 Å². The predicted octanol–water partition coefficient (Wildman–Crippen LogP) is 6.00. The number of hydrogen-bond acceptors (Lipinski definition) is 4. The second kappa shape index (κ2) is 9.45. The highest BCUT2D eigenvalue weighted by Crippen LogP contribution is 2.27. The number of phenols is 1. The molecule has 0 saturated carbocycles. The molecule has 31 heavy (non-hydrogen) atoms. The molecule has 6 nitrogen and oxygen atoms in total. The van der Waals surface area contributed by atoms with Gasteiger partial charge in [0.15, 0.2) is 0 Å². The lowest BCUT2D eigenvalue weighted by Gasteiger charge is -2.10. The Kier molecular flexibility index (Phi) is 6.93. The number of benzene rings is 2. The summed E-state index contributed by atoms with van der Waals surface area (Å²) >= 11 is 11.9. The van der Waals surface area contributed by atoms with Crippen molar-refractivity contribution in [3.8, 4) is 22.9 Å². The van der Waals surface area contributed by atoms with Crippen LogP contribution in [-0.2, 0) is 0 Å². The van der Waals surface area contributed by atoms with Gasteiger partial charge in [-0.15, -0.1) is 0 Å². The maximum Gasteiger partial charge on any atom is 0.144 e. The fourth-order valence-corrected chi connectivity index (χ4v) is 3.57. The van der Waals surface area contributed by atoms with Gasteiger partial charge in [0.05, 0.1) is 18.5 Å². The number of rotatable bonds is 3. The lowest BCUT2D eigenvalue weighted by atomic mass is 10.3. The second-order valence-corrected chi connectivity index (χ2v) is 8.00. The molecule has 0 bridgehead atoms. The molecule has 0 spiro atoms. The number of nitrogens with zero attached hydrogens (tertiary/aromatic N) is 4. The lowest BCUT2D eigenvalue weighted by molar-refractivity contribution is 0.411. The first kappa shape index (κ1) is 22.7. The molecule has 0 atom stereocenters. The minimum atomic E-state index is 0.172. The van der Waals surface area contributed by atoms with E-state index in [9.17, 15) is 5.11 Å². The molecule has 0 aliphatic rings. The van der Waals surface area contributed by atoms with Crippen LogP contribution in [0.3, 0.4) is 0 Å². The molecule has 8 heteroatoms. The van der Waals surface area contributed by atoms with Gasteiger partial charge in [-0.3, -0.25) is 0 Å². The van der Waals surface area contributed by atoms with Crippen LogP contribution in [0.5, 0.6) is 11.5 Å². The van der Waals surface area contributed by atoms with Crippen LogP contribution in [-0.4, -0.2) is 31.8 Å². The Morgan fingerprint density at radius 1 is 0.742 bits per heavy atom. The van der Waals surface area contributed by atoms with Crippen LogP contribution in [0.15, 0.2) is 48.5 Å². The van der Waals surface area contributed by atoms with Crippen molar-refractivity contribution in [3.05, 3.63) is 81.4 Å². The van der Waals surface area contributed by atoms with Crippen molar-refractivity contribution < 1.29 is 9.84 Å². The summed E-state index contributed by atoms with van der Waals surface area (Å²) < 4.78 is 8.81. The topological polar surface area (TPSA) is 65.1 Å². The molecule has 0 unspecified atom stereocenters. The zero-order chi connectivity index (χ0) is 22.7. The first-order chi connectivity index (χ1) is 14.7. The molecule has 4 rings (SSSR count). The first-order valence-electron chi connectivity index (χ1n) is 9.59. The number of aromatic nitrogens is 4. The van der Waals surface area contributed by atoms with Crippen LogP contribution in [0.25, 0.3) is 11.4 Å². The summed E-state index contributed by atoms with van der Waals surface area (Å²) in [6.45, 7) is 7.80. The monoisotopic (exact) mass is 458 g/mol. The second-order valence-electron chi connectivity index (χ2n) is 7.13. The molecule has 4 aromatic rings. The first-order valence-corrected chi connectivity index (χ1v) is 10.3. The number of methoxy groups -OCH3 is 1. The molecule has 2 aromatic carbocycles. The molecule has 162 valence electrons. The Hall–Kier alpha value is -2.96. The van der Waals surface area contributed by atoms with Crippen LogP contribution in [0, 0.1) is 27.7 Å². The van der Waals surface area contributed by atoms with E-state index >= 15 is 0 Å². The van der Waals surface area contributed by atoms with E-state index in [4.69, 9.17) is 27.9 Å². The van der Waals surface area contributed by atoms with Crippen molar-refractivity contribution >= 4 is 23.2 Å². The molecule has 0 aliphatic heterocycles. The van der Waals surface area contributed by atoms with Gasteiger partial charge in [-0.1, -0.05) is 23.2 Å². The third-order valence-electron chi connectivity index (χ3n) is 4.55. The SMILES string of the molecule is COc1ccc(Cl)cc1-n1nc(C)cc1C.Cc1cc(C)n(-c2cc(Cl)ccc2O)n1.